The van der Waals surface area contributed by atoms with Crippen LogP contribution in [0.5, 0.6) is 23.0 Å². The van der Waals surface area contributed by atoms with E-state index in [2.05, 4.69) is 226 Å². The summed E-state index contributed by atoms with van der Waals surface area (Å²) >= 11 is 0. The number of fused-ring (bicyclic) bond motifs is 1. The Morgan fingerprint density at radius 3 is 0.800 bits per heavy atom. The molecule has 2 aliphatic rings. The summed E-state index contributed by atoms with van der Waals surface area (Å²) in [5.74, 6) is 2.99. The van der Waals surface area contributed by atoms with Gasteiger partial charge in [0.2, 0.25) is 0 Å². The molecule has 12 rings (SSSR count). The Balaban J connectivity index is 1.15. The first-order chi connectivity index (χ1) is 29.8. The lowest BCUT2D eigenvalue weighted by molar-refractivity contribution is 0.444. The van der Waals surface area contributed by atoms with Gasteiger partial charge in [-0.2, -0.15) is 0 Å². The van der Waals surface area contributed by atoms with Gasteiger partial charge in [0.15, 0.2) is 23.0 Å². The quantitative estimate of drug-likeness (QED) is 0.146. The maximum absolute atomic E-state index is 7.17. The van der Waals surface area contributed by atoms with E-state index in [1.165, 1.54) is 0 Å². The van der Waals surface area contributed by atoms with Gasteiger partial charge in [-0.3, -0.25) is 4.57 Å². The minimum absolute atomic E-state index is 0.721. The molecule has 60 heavy (non-hydrogen) atoms. The molecule has 10 aromatic rings. The zero-order valence-corrected chi connectivity index (χ0v) is 32.4. The highest BCUT2D eigenvalue weighted by molar-refractivity contribution is 6.17. The van der Waals surface area contributed by atoms with Gasteiger partial charge in [0.05, 0.1) is 28.1 Å². The normalized spacial score (nSPS) is 11.9. The SMILES string of the molecule is c1ccc(N(c2ccccc2)c2cc3c4c(c2)Oc2cc(N(c5ccccc5)c5ccccc5)cc5c6cc(N(c7ccccc7)c7ccccc7)cc(c6n-4c25)O3)cc1. The van der Waals surface area contributed by atoms with E-state index >= 15 is 0 Å². The van der Waals surface area contributed by atoms with Gasteiger partial charge in [0.1, 0.15) is 5.69 Å². The smallest absolute Gasteiger partial charge is 0.157 e. The minimum Gasteiger partial charge on any atom is -0.453 e. The molecule has 0 N–H and O–H groups in total. The zero-order chi connectivity index (χ0) is 39.6. The molecule has 6 nitrogen and oxygen atoms in total. The first-order valence-corrected chi connectivity index (χ1v) is 20.2. The van der Waals surface area contributed by atoms with E-state index in [0.29, 0.717) is 0 Å². The Morgan fingerprint density at radius 1 is 0.267 bits per heavy atom. The average molecular weight is 773 g/mol. The van der Waals surface area contributed by atoms with Crippen LogP contribution in [0.25, 0.3) is 27.5 Å². The van der Waals surface area contributed by atoms with E-state index in [1.54, 1.807) is 0 Å². The van der Waals surface area contributed by atoms with Crippen LogP contribution in [-0.4, -0.2) is 4.57 Å². The van der Waals surface area contributed by atoms with E-state index in [9.17, 15) is 0 Å². The largest absolute Gasteiger partial charge is 0.453 e. The molecular weight excluding hydrogens is 737 g/mol. The lowest BCUT2D eigenvalue weighted by Gasteiger charge is -2.32. The van der Waals surface area contributed by atoms with Gasteiger partial charge >= 0.3 is 0 Å². The molecule has 2 aliphatic heterocycles. The van der Waals surface area contributed by atoms with Crippen LogP contribution in [-0.2, 0) is 0 Å². The van der Waals surface area contributed by atoms with Crippen molar-refractivity contribution in [3.05, 3.63) is 218 Å². The minimum atomic E-state index is 0.721. The number of nitrogens with zero attached hydrogens (tertiary/aromatic N) is 4. The molecule has 1 aromatic heterocycles. The van der Waals surface area contributed by atoms with Crippen LogP contribution in [0.1, 0.15) is 0 Å². The number of ether oxygens (including phenoxy) is 2. The predicted molar refractivity (Wildman–Crippen MR) is 245 cm³/mol. The Hall–Kier alpha value is -8.22. The summed E-state index contributed by atoms with van der Waals surface area (Å²) in [6.45, 7) is 0. The standard InChI is InChI=1S/C54H36N4O2/c1-7-19-37(20-8-1)55(38-21-9-2-10-22-38)43-31-46-47-32-44(56(39-23-11-3-12-24-39)40-25-13-4-14-26-40)34-49-53(47)58-52(46)48(33-43)59-50-35-45(36-51(60-49)54(50)58)57(41-27-15-5-16-28-41)42-29-17-6-18-30-42/h1-36H. The second kappa shape index (κ2) is 13.7. The molecule has 0 spiro atoms. The topological polar surface area (TPSA) is 33.1 Å². The fraction of sp³-hybridized carbons (Fsp3) is 0. The van der Waals surface area contributed by atoms with Gasteiger partial charge < -0.3 is 24.2 Å². The Bertz CT molecular complexity index is 2900. The summed E-state index contributed by atoms with van der Waals surface area (Å²) in [6.07, 6.45) is 0. The van der Waals surface area contributed by atoms with Crippen molar-refractivity contribution in [2.45, 2.75) is 0 Å². The molecule has 9 aromatic carbocycles. The highest BCUT2D eigenvalue weighted by Gasteiger charge is 2.35. The first-order valence-electron chi connectivity index (χ1n) is 20.2. The maximum Gasteiger partial charge on any atom is 0.157 e. The van der Waals surface area contributed by atoms with Gasteiger partial charge in [-0.05, 0) is 84.9 Å². The number of para-hydroxylation sites is 6. The average Bonchev–Trinajstić information content (AvgIpc) is 3.64. The van der Waals surface area contributed by atoms with Crippen molar-refractivity contribution in [1.29, 1.82) is 0 Å². The van der Waals surface area contributed by atoms with Gasteiger partial charge in [-0.25, -0.2) is 0 Å². The summed E-state index contributed by atoms with van der Waals surface area (Å²) in [5, 5.41) is 2.14. The van der Waals surface area contributed by atoms with Crippen molar-refractivity contribution < 1.29 is 9.47 Å². The summed E-state index contributed by atoms with van der Waals surface area (Å²) < 4.78 is 16.7. The molecule has 0 saturated heterocycles. The van der Waals surface area contributed by atoms with Gasteiger partial charge in [-0.1, -0.05) is 109 Å². The van der Waals surface area contributed by atoms with Crippen molar-refractivity contribution in [2.24, 2.45) is 0 Å². The van der Waals surface area contributed by atoms with Gasteiger partial charge in [-0.15, -0.1) is 0 Å². The van der Waals surface area contributed by atoms with Crippen molar-refractivity contribution in [1.82, 2.24) is 4.57 Å². The lowest BCUT2D eigenvalue weighted by Crippen LogP contribution is -2.15. The van der Waals surface area contributed by atoms with Crippen LogP contribution in [0.3, 0.4) is 0 Å². The number of hydrogen-bond donors (Lipinski definition) is 0. The molecule has 6 heteroatoms. The van der Waals surface area contributed by atoms with E-state index in [1.807, 2.05) is 12.1 Å². The highest BCUT2D eigenvalue weighted by Crippen LogP contribution is 2.58. The van der Waals surface area contributed by atoms with Crippen LogP contribution < -0.4 is 24.2 Å². The molecule has 0 aliphatic carbocycles. The first kappa shape index (κ1) is 33.9. The van der Waals surface area contributed by atoms with Crippen LogP contribution in [0.2, 0.25) is 0 Å². The summed E-state index contributed by atoms with van der Waals surface area (Å²) in [4.78, 5) is 6.85. The van der Waals surface area contributed by atoms with Crippen LogP contribution >= 0.6 is 0 Å². The lowest BCUT2D eigenvalue weighted by atomic mass is 10.1. The van der Waals surface area contributed by atoms with E-state index in [-0.39, 0.29) is 0 Å². The molecule has 3 heterocycles. The van der Waals surface area contributed by atoms with Crippen LogP contribution in [0.15, 0.2) is 218 Å². The summed E-state index contributed by atoms with van der Waals surface area (Å²) in [5.41, 5.74) is 12.1. The monoisotopic (exact) mass is 772 g/mol. The molecule has 0 unspecified atom stereocenters. The third kappa shape index (κ3) is 5.42. The second-order valence-electron chi connectivity index (χ2n) is 15.0. The Labute approximate surface area is 347 Å². The number of benzene rings is 9. The van der Waals surface area contributed by atoms with E-state index < -0.39 is 0 Å². The molecule has 0 saturated carbocycles. The number of rotatable bonds is 9. The van der Waals surface area contributed by atoms with Crippen molar-refractivity contribution >= 4 is 73.0 Å². The van der Waals surface area contributed by atoms with E-state index in [4.69, 9.17) is 9.47 Å². The number of hydrogen-bond acceptors (Lipinski definition) is 5. The number of anilines is 9. The fourth-order valence-electron chi connectivity index (χ4n) is 8.92. The van der Waals surface area contributed by atoms with E-state index in [0.717, 1.165) is 102 Å². The third-order valence-corrected chi connectivity index (χ3v) is 11.4. The Kier molecular flexibility index (Phi) is 7.74. The third-order valence-electron chi connectivity index (χ3n) is 11.4. The van der Waals surface area contributed by atoms with Gasteiger partial charge in [0.25, 0.3) is 0 Å². The summed E-state index contributed by atoms with van der Waals surface area (Å²) in [7, 11) is 0. The zero-order valence-electron chi connectivity index (χ0n) is 32.4. The van der Waals surface area contributed by atoms with Gasteiger partial charge in [0, 0.05) is 69.2 Å². The molecule has 284 valence electrons. The highest BCUT2D eigenvalue weighted by atomic mass is 16.5. The second-order valence-corrected chi connectivity index (χ2v) is 15.0. The van der Waals surface area contributed by atoms with Crippen molar-refractivity contribution in [3.8, 4) is 28.7 Å². The summed E-state index contributed by atoms with van der Waals surface area (Å²) in [6, 6.07) is 76.3. The number of aromatic nitrogens is 1. The molecule has 0 bridgehead atoms. The van der Waals surface area contributed by atoms with Crippen LogP contribution in [0, 0.1) is 0 Å². The van der Waals surface area contributed by atoms with Crippen LogP contribution in [0.4, 0.5) is 51.2 Å². The Morgan fingerprint density at radius 2 is 0.517 bits per heavy atom. The molecule has 0 atom stereocenters. The molecule has 0 amide bonds. The van der Waals surface area contributed by atoms with Crippen molar-refractivity contribution in [3.63, 3.8) is 0 Å². The van der Waals surface area contributed by atoms with Crippen molar-refractivity contribution in [2.75, 3.05) is 14.7 Å². The molecule has 0 radical (unpaired) electrons. The maximum atomic E-state index is 7.17. The predicted octanol–water partition coefficient (Wildman–Crippen LogP) is 15.4. The molecule has 0 fully saturated rings. The molecular formula is C54H36N4O2. The fourth-order valence-corrected chi connectivity index (χ4v) is 8.92.